The minimum Gasteiger partial charge on any atom is -0.459 e. The van der Waals surface area contributed by atoms with E-state index in [4.69, 9.17) is 4.42 Å². The van der Waals surface area contributed by atoms with Crippen LogP contribution in [-0.4, -0.2) is 6.54 Å². The lowest BCUT2D eigenvalue weighted by Crippen LogP contribution is -2.18. The van der Waals surface area contributed by atoms with E-state index >= 15 is 0 Å². The summed E-state index contributed by atoms with van der Waals surface area (Å²) < 4.78 is 7.03. The lowest BCUT2D eigenvalue weighted by atomic mass is 10.1. The number of halogens is 1. The monoisotopic (exact) mass is 321 g/mol. The van der Waals surface area contributed by atoms with Crippen LogP contribution in [0.25, 0.3) is 11.3 Å². The van der Waals surface area contributed by atoms with Crippen molar-refractivity contribution in [2.75, 3.05) is 6.54 Å². The minimum absolute atomic E-state index is 0.247. The molecule has 0 spiro atoms. The molecule has 2 rings (SSSR count). The Kier molecular flexibility index (Phi) is 4.83. The molecule has 0 aliphatic heterocycles. The average molecular weight is 322 g/mol. The Hall–Kier alpha value is -1.06. The fraction of sp³-hybridized carbons (Fsp3) is 0.375. The molecular formula is C16H20BrNO. The second-order valence-electron chi connectivity index (χ2n) is 4.86. The molecule has 0 amide bonds. The number of furan rings is 1. The molecule has 0 radical (unpaired) electrons. The molecule has 3 heteroatoms. The van der Waals surface area contributed by atoms with Gasteiger partial charge in [0, 0.05) is 10.0 Å². The summed E-state index contributed by atoms with van der Waals surface area (Å²) >= 11 is 3.58. The van der Waals surface area contributed by atoms with Crippen LogP contribution in [0, 0.1) is 6.92 Å². The second kappa shape index (κ2) is 6.40. The van der Waals surface area contributed by atoms with Gasteiger partial charge in [0.2, 0.25) is 0 Å². The van der Waals surface area contributed by atoms with E-state index in [0.29, 0.717) is 0 Å². The van der Waals surface area contributed by atoms with Crippen molar-refractivity contribution >= 4 is 15.9 Å². The molecule has 1 N–H and O–H groups in total. The van der Waals surface area contributed by atoms with Crippen molar-refractivity contribution in [2.45, 2.75) is 33.2 Å². The van der Waals surface area contributed by atoms with E-state index in [1.165, 1.54) is 5.56 Å². The molecule has 1 aromatic heterocycles. The summed E-state index contributed by atoms with van der Waals surface area (Å²) in [6.07, 6.45) is 1.13. The first-order valence-electron chi connectivity index (χ1n) is 6.71. The zero-order valence-corrected chi connectivity index (χ0v) is 13.3. The van der Waals surface area contributed by atoms with Gasteiger partial charge in [-0.15, -0.1) is 0 Å². The maximum atomic E-state index is 5.97. The Bertz CT molecular complexity index is 547. The highest BCUT2D eigenvalue weighted by Gasteiger charge is 2.12. The molecule has 0 aliphatic rings. The third-order valence-corrected chi connectivity index (χ3v) is 3.83. The first kappa shape index (κ1) is 14.4. The fourth-order valence-electron chi connectivity index (χ4n) is 2.02. The lowest BCUT2D eigenvalue weighted by Gasteiger charge is -2.10. The van der Waals surface area contributed by atoms with E-state index in [1.54, 1.807) is 0 Å². The number of aryl methyl sites for hydroxylation is 1. The number of benzene rings is 1. The quantitative estimate of drug-likeness (QED) is 0.830. The Labute approximate surface area is 123 Å². The van der Waals surface area contributed by atoms with Crippen LogP contribution in [0.1, 0.15) is 37.6 Å². The van der Waals surface area contributed by atoms with Crippen molar-refractivity contribution in [3.63, 3.8) is 0 Å². The number of rotatable bonds is 5. The van der Waals surface area contributed by atoms with Crippen LogP contribution in [0.3, 0.4) is 0 Å². The van der Waals surface area contributed by atoms with E-state index in [1.807, 2.05) is 6.07 Å². The minimum atomic E-state index is 0.247. The molecule has 0 saturated heterocycles. The topological polar surface area (TPSA) is 25.2 Å². The maximum absolute atomic E-state index is 5.97. The smallest absolute Gasteiger partial charge is 0.135 e. The van der Waals surface area contributed by atoms with Crippen molar-refractivity contribution in [3.8, 4) is 11.3 Å². The van der Waals surface area contributed by atoms with Crippen LogP contribution in [0.15, 0.2) is 39.2 Å². The first-order valence-corrected chi connectivity index (χ1v) is 7.50. The SMILES string of the molecule is CCCNC(C)c1ccc(-c2cc(C)ccc2Br)o1. The van der Waals surface area contributed by atoms with Crippen LogP contribution in [0.5, 0.6) is 0 Å². The summed E-state index contributed by atoms with van der Waals surface area (Å²) in [7, 11) is 0. The lowest BCUT2D eigenvalue weighted by molar-refractivity contribution is 0.438. The molecule has 0 aliphatic carbocycles. The van der Waals surface area contributed by atoms with E-state index in [2.05, 4.69) is 66.3 Å². The van der Waals surface area contributed by atoms with Crippen LogP contribution in [0.2, 0.25) is 0 Å². The van der Waals surface area contributed by atoms with Gasteiger partial charge in [-0.25, -0.2) is 0 Å². The van der Waals surface area contributed by atoms with Crippen molar-refractivity contribution in [1.82, 2.24) is 5.32 Å². The molecule has 1 heterocycles. The van der Waals surface area contributed by atoms with Crippen molar-refractivity contribution in [3.05, 3.63) is 46.1 Å². The van der Waals surface area contributed by atoms with Gasteiger partial charge in [0.15, 0.2) is 0 Å². The molecule has 1 unspecified atom stereocenters. The summed E-state index contributed by atoms with van der Waals surface area (Å²) in [5.41, 5.74) is 2.34. The third kappa shape index (κ3) is 3.48. The van der Waals surface area contributed by atoms with Crippen LogP contribution in [-0.2, 0) is 0 Å². The second-order valence-corrected chi connectivity index (χ2v) is 5.72. The number of nitrogens with one attached hydrogen (secondary N) is 1. The highest BCUT2D eigenvalue weighted by atomic mass is 79.9. The van der Waals surface area contributed by atoms with Crippen molar-refractivity contribution < 1.29 is 4.42 Å². The molecule has 19 heavy (non-hydrogen) atoms. The predicted molar refractivity (Wildman–Crippen MR) is 83.3 cm³/mol. The molecule has 0 bridgehead atoms. The van der Waals surface area contributed by atoms with Crippen molar-refractivity contribution in [1.29, 1.82) is 0 Å². The predicted octanol–water partition coefficient (Wildman–Crippen LogP) is 5.08. The van der Waals surface area contributed by atoms with Crippen LogP contribution < -0.4 is 5.32 Å². The Morgan fingerprint density at radius 3 is 2.79 bits per heavy atom. The van der Waals surface area contributed by atoms with Gasteiger partial charge in [-0.1, -0.05) is 34.5 Å². The molecule has 1 aromatic carbocycles. The standard InChI is InChI=1S/C16H20BrNO/c1-4-9-18-12(3)15-7-8-16(19-15)13-10-11(2)5-6-14(13)17/h5-8,10,12,18H,4,9H2,1-3H3. The summed E-state index contributed by atoms with van der Waals surface area (Å²) in [5, 5.41) is 3.43. The van der Waals surface area contributed by atoms with Gasteiger partial charge in [-0.05, 0) is 51.1 Å². The van der Waals surface area contributed by atoms with Gasteiger partial charge in [0.1, 0.15) is 11.5 Å². The largest absolute Gasteiger partial charge is 0.459 e. The molecule has 2 nitrogen and oxygen atoms in total. The van der Waals surface area contributed by atoms with Gasteiger partial charge >= 0.3 is 0 Å². The summed E-state index contributed by atoms with van der Waals surface area (Å²) in [5.74, 6) is 1.90. The zero-order chi connectivity index (χ0) is 13.8. The summed E-state index contributed by atoms with van der Waals surface area (Å²) in [4.78, 5) is 0. The summed E-state index contributed by atoms with van der Waals surface area (Å²) in [6, 6.07) is 10.6. The molecule has 1 atom stereocenters. The van der Waals surface area contributed by atoms with Crippen LogP contribution in [0.4, 0.5) is 0 Å². The van der Waals surface area contributed by atoms with E-state index in [0.717, 1.165) is 34.5 Å². The first-order chi connectivity index (χ1) is 9.11. The van der Waals surface area contributed by atoms with Crippen LogP contribution >= 0.6 is 15.9 Å². The van der Waals surface area contributed by atoms with E-state index in [9.17, 15) is 0 Å². The van der Waals surface area contributed by atoms with Gasteiger partial charge in [-0.2, -0.15) is 0 Å². The highest BCUT2D eigenvalue weighted by Crippen LogP contribution is 2.31. The van der Waals surface area contributed by atoms with E-state index < -0.39 is 0 Å². The molecular weight excluding hydrogens is 302 g/mol. The average Bonchev–Trinajstić information content (AvgIpc) is 2.88. The Balaban J connectivity index is 2.23. The Morgan fingerprint density at radius 1 is 1.26 bits per heavy atom. The molecule has 0 saturated carbocycles. The summed E-state index contributed by atoms with van der Waals surface area (Å²) in [6.45, 7) is 7.39. The Morgan fingerprint density at radius 2 is 2.05 bits per heavy atom. The number of hydrogen-bond donors (Lipinski definition) is 1. The normalized spacial score (nSPS) is 12.6. The zero-order valence-electron chi connectivity index (χ0n) is 11.7. The van der Waals surface area contributed by atoms with Crippen molar-refractivity contribution in [2.24, 2.45) is 0 Å². The number of hydrogen-bond acceptors (Lipinski definition) is 2. The van der Waals surface area contributed by atoms with Gasteiger partial charge < -0.3 is 9.73 Å². The fourth-order valence-corrected chi connectivity index (χ4v) is 2.46. The molecule has 102 valence electrons. The van der Waals surface area contributed by atoms with E-state index in [-0.39, 0.29) is 6.04 Å². The van der Waals surface area contributed by atoms with Gasteiger partial charge in [0.25, 0.3) is 0 Å². The molecule has 0 fully saturated rings. The van der Waals surface area contributed by atoms with Gasteiger partial charge in [0.05, 0.1) is 6.04 Å². The highest BCUT2D eigenvalue weighted by molar-refractivity contribution is 9.10. The molecule has 2 aromatic rings. The third-order valence-electron chi connectivity index (χ3n) is 3.14. The maximum Gasteiger partial charge on any atom is 0.135 e. The van der Waals surface area contributed by atoms with Gasteiger partial charge in [-0.3, -0.25) is 0 Å².